The number of ketones is 1. The van der Waals surface area contributed by atoms with E-state index in [4.69, 9.17) is 9.84 Å². The monoisotopic (exact) mass is 311 g/mol. The third kappa shape index (κ3) is 3.68. The standard InChI is InChI=1S/C14H17NO5S/c1-20-9-7-10(14(18)19)15(8-9)13(17)5-4-11(16)12-3-2-6-21-12/h2-3,6,9-10H,4-5,7-8H2,1H3,(H,18,19). The molecule has 2 atom stereocenters. The van der Waals surface area contributed by atoms with Gasteiger partial charge < -0.3 is 14.7 Å². The lowest BCUT2D eigenvalue weighted by Crippen LogP contribution is -2.40. The molecule has 0 spiro atoms. The van der Waals surface area contributed by atoms with Crippen molar-refractivity contribution >= 4 is 29.0 Å². The van der Waals surface area contributed by atoms with Crippen molar-refractivity contribution in [2.45, 2.75) is 31.4 Å². The first-order valence-corrected chi connectivity index (χ1v) is 7.52. The van der Waals surface area contributed by atoms with Gasteiger partial charge in [0.1, 0.15) is 6.04 Å². The highest BCUT2D eigenvalue weighted by Crippen LogP contribution is 2.22. The highest BCUT2D eigenvalue weighted by Gasteiger charge is 2.39. The number of methoxy groups -OCH3 is 1. The van der Waals surface area contributed by atoms with E-state index < -0.39 is 12.0 Å². The van der Waals surface area contributed by atoms with Gasteiger partial charge in [-0.2, -0.15) is 0 Å². The summed E-state index contributed by atoms with van der Waals surface area (Å²) in [5, 5.41) is 11.0. The summed E-state index contributed by atoms with van der Waals surface area (Å²) in [5.74, 6) is -1.44. The van der Waals surface area contributed by atoms with Crippen LogP contribution < -0.4 is 0 Å². The van der Waals surface area contributed by atoms with E-state index in [0.29, 0.717) is 4.88 Å². The summed E-state index contributed by atoms with van der Waals surface area (Å²) in [4.78, 5) is 37.1. The summed E-state index contributed by atoms with van der Waals surface area (Å²) < 4.78 is 5.13. The summed E-state index contributed by atoms with van der Waals surface area (Å²) in [6, 6.07) is 2.64. The molecule has 2 heterocycles. The van der Waals surface area contributed by atoms with Crippen molar-refractivity contribution in [3.63, 3.8) is 0 Å². The van der Waals surface area contributed by atoms with Crippen LogP contribution in [0, 0.1) is 0 Å². The van der Waals surface area contributed by atoms with Crippen LogP contribution in [0.3, 0.4) is 0 Å². The topological polar surface area (TPSA) is 83.9 Å². The zero-order valence-corrected chi connectivity index (χ0v) is 12.5. The van der Waals surface area contributed by atoms with E-state index in [-0.39, 0.29) is 43.6 Å². The number of hydrogen-bond donors (Lipinski definition) is 1. The Bertz CT molecular complexity index is 527. The van der Waals surface area contributed by atoms with Crippen LogP contribution in [0.4, 0.5) is 0 Å². The molecule has 0 aromatic carbocycles. The molecule has 6 nitrogen and oxygen atoms in total. The van der Waals surface area contributed by atoms with Crippen LogP contribution in [0.5, 0.6) is 0 Å². The van der Waals surface area contributed by atoms with Crippen LogP contribution in [-0.2, 0) is 14.3 Å². The van der Waals surface area contributed by atoms with Gasteiger partial charge in [0.15, 0.2) is 5.78 Å². The Kier molecular flexibility index (Phi) is 5.08. The van der Waals surface area contributed by atoms with Gasteiger partial charge in [0.2, 0.25) is 5.91 Å². The lowest BCUT2D eigenvalue weighted by Gasteiger charge is -2.21. The van der Waals surface area contributed by atoms with Gasteiger partial charge in [0.25, 0.3) is 0 Å². The quantitative estimate of drug-likeness (QED) is 0.803. The Labute approximate surface area is 126 Å². The number of carboxylic acids is 1. The molecule has 0 aliphatic carbocycles. The molecule has 1 aromatic rings. The van der Waals surface area contributed by atoms with Gasteiger partial charge in [-0.1, -0.05) is 6.07 Å². The Hall–Kier alpha value is -1.73. The lowest BCUT2D eigenvalue weighted by molar-refractivity contribution is -0.148. The minimum atomic E-state index is -1.03. The molecule has 2 unspecified atom stereocenters. The van der Waals surface area contributed by atoms with Crippen molar-refractivity contribution < 1.29 is 24.2 Å². The predicted molar refractivity (Wildman–Crippen MR) is 76.4 cm³/mol. The molecule has 1 aliphatic heterocycles. The third-order valence-electron chi connectivity index (χ3n) is 3.56. The second-order valence-corrected chi connectivity index (χ2v) is 5.84. The van der Waals surface area contributed by atoms with E-state index in [1.807, 2.05) is 0 Å². The molecule has 1 N–H and O–H groups in total. The molecule has 0 bridgehead atoms. The van der Waals surface area contributed by atoms with Gasteiger partial charge in [-0.3, -0.25) is 9.59 Å². The fourth-order valence-electron chi connectivity index (χ4n) is 2.40. The Morgan fingerprint density at radius 2 is 2.19 bits per heavy atom. The van der Waals surface area contributed by atoms with Crippen molar-refractivity contribution in [2.24, 2.45) is 0 Å². The zero-order chi connectivity index (χ0) is 15.4. The summed E-state index contributed by atoms with van der Waals surface area (Å²) in [7, 11) is 1.50. The molecule has 2 rings (SSSR count). The maximum absolute atomic E-state index is 12.2. The highest BCUT2D eigenvalue weighted by molar-refractivity contribution is 7.12. The minimum Gasteiger partial charge on any atom is -0.480 e. The summed E-state index contributed by atoms with van der Waals surface area (Å²) >= 11 is 1.34. The molecular formula is C14H17NO5S. The van der Waals surface area contributed by atoms with Gasteiger partial charge in [0.05, 0.1) is 11.0 Å². The average molecular weight is 311 g/mol. The Morgan fingerprint density at radius 1 is 1.43 bits per heavy atom. The maximum Gasteiger partial charge on any atom is 0.326 e. The van der Waals surface area contributed by atoms with Crippen molar-refractivity contribution in [3.8, 4) is 0 Å². The van der Waals surface area contributed by atoms with E-state index >= 15 is 0 Å². The number of carbonyl (C=O) groups excluding carboxylic acids is 2. The number of nitrogens with zero attached hydrogens (tertiary/aromatic N) is 1. The molecule has 7 heteroatoms. The minimum absolute atomic E-state index is 0.0247. The summed E-state index contributed by atoms with van der Waals surface area (Å²) in [5.41, 5.74) is 0. The van der Waals surface area contributed by atoms with Crippen LogP contribution in [0.1, 0.15) is 28.9 Å². The maximum atomic E-state index is 12.2. The van der Waals surface area contributed by atoms with E-state index in [0.717, 1.165) is 0 Å². The van der Waals surface area contributed by atoms with E-state index in [1.54, 1.807) is 17.5 Å². The number of amides is 1. The molecule has 21 heavy (non-hydrogen) atoms. The number of aliphatic carboxylic acids is 1. The molecule has 114 valence electrons. The fourth-order valence-corrected chi connectivity index (χ4v) is 3.10. The molecule has 1 amide bonds. The first-order chi connectivity index (χ1) is 10.0. The van der Waals surface area contributed by atoms with Crippen molar-refractivity contribution in [1.29, 1.82) is 0 Å². The number of likely N-dealkylation sites (tertiary alicyclic amines) is 1. The summed E-state index contributed by atoms with van der Waals surface area (Å²) in [6.45, 7) is 0.263. The first-order valence-electron chi connectivity index (χ1n) is 6.64. The molecule has 1 aliphatic rings. The Morgan fingerprint density at radius 3 is 2.76 bits per heavy atom. The summed E-state index contributed by atoms with van der Waals surface area (Å²) in [6.07, 6.45) is 0.149. The van der Waals surface area contributed by atoms with Gasteiger partial charge in [0, 0.05) is 32.9 Å². The average Bonchev–Trinajstić information content (AvgIpc) is 3.12. The largest absolute Gasteiger partial charge is 0.480 e. The van der Waals surface area contributed by atoms with Gasteiger partial charge in [-0.05, 0) is 11.4 Å². The van der Waals surface area contributed by atoms with Crippen LogP contribution >= 0.6 is 11.3 Å². The molecule has 0 radical (unpaired) electrons. The second-order valence-electron chi connectivity index (χ2n) is 4.89. The number of Topliss-reactive ketones (excluding diaryl/α,β-unsaturated/α-hetero) is 1. The first kappa shape index (κ1) is 15.7. The molecule has 1 aromatic heterocycles. The Balaban J connectivity index is 1.93. The SMILES string of the molecule is COC1CC(C(=O)O)N(C(=O)CCC(=O)c2cccs2)C1. The normalized spacial score (nSPS) is 21.5. The predicted octanol–water partition coefficient (Wildman–Crippen LogP) is 1.41. The van der Waals surface area contributed by atoms with Crippen LogP contribution in [0.15, 0.2) is 17.5 Å². The molecule has 0 saturated carbocycles. The van der Waals surface area contributed by atoms with Crippen molar-refractivity contribution in [3.05, 3.63) is 22.4 Å². The highest BCUT2D eigenvalue weighted by atomic mass is 32.1. The number of carboxylic acid groups (broad SMARTS) is 1. The van der Waals surface area contributed by atoms with Crippen LogP contribution in [0.25, 0.3) is 0 Å². The smallest absolute Gasteiger partial charge is 0.326 e. The number of thiophene rings is 1. The van der Waals surface area contributed by atoms with Crippen molar-refractivity contribution in [1.82, 2.24) is 4.90 Å². The lowest BCUT2D eigenvalue weighted by atomic mass is 10.1. The number of rotatable bonds is 6. The molecular weight excluding hydrogens is 294 g/mol. The fraction of sp³-hybridized carbons (Fsp3) is 0.500. The zero-order valence-electron chi connectivity index (χ0n) is 11.7. The van der Waals surface area contributed by atoms with E-state index in [1.165, 1.54) is 23.3 Å². The van der Waals surface area contributed by atoms with E-state index in [9.17, 15) is 14.4 Å². The second kappa shape index (κ2) is 6.82. The molecule has 1 fully saturated rings. The van der Waals surface area contributed by atoms with Crippen LogP contribution in [-0.4, -0.2) is 53.5 Å². The van der Waals surface area contributed by atoms with E-state index in [2.05, 4.69) is 0 Å². The van der Waals surface area contributed by atoms with Gasteiger partial charge in [-0.15, -0.1) is 11.3 Å². The van der Waals surface area contributed by atoms with Gasteiger partial charge in [-0.25, -0.2) is 4.79 Å². The number of ether oxygens (including phenoxy) is 1. The molecule has 1 saturated heterocycles. The third-order valence-corrected chi connectivity index (χ3v) is 4.47. The van der Waals surface area contributed by atoms with Gasteiger partial charge >= 0.3 is 5.97 Å². The number of carbonyl (C=O) groups is 3. The van der Waals surface area contributed by atoms with Crippen molar-refractivity contribution in [2.75, 3.05) is 13.7 Å². The number of hydrogen-bond acceptors (Lipinski definition) is 5. The van der Waals surface area contributed by atoms with Crippen LogP contribution in [0.2, 0.25) is 0 Å².